The number of rotatable bonds is 2. The molecule has 1 N–H and O–H groups in total. The maximum absolute atomic E-state index is 13.6. The van der Waals surface area contributed by atoms with Gasteiger partial charge in [-0.3, -0.25) is 4.79 Å². The zero-order valence-corrected chi connectivity index (χ0v) is 10.2. The zero-order chi connectivity index (χ0) is 13.1. The van der Waals surface area contributed by atoms with Gasteiger partial charge in [0, 0.05) is 12.4 Å². The molecule has 1 aromatic heterocycles. The van der Waals surface area contributed by atoms with Crippen LogP contribution in [-0.2, 0) is 0 Å². The van der Waals surface area contributed by atoms with Gasteiger partial charge >= 0.3 is 0 Å². The van der Waals surface area contributed by atoms with Gasteiger partial charge in [-0.05, 0) is 24.6 Å². The number of benzene rings is 1. The number of aromatic nitrogens is 2. The molecule has 1 amide bonds. The molecule has 2 rings (SSSR count). The molecule has 0 spiro atoms. The maximum Gasteiger partial charge on any atom is 0.259 e. The second-order valence-electron chi connectivity index (χ2n) is 3.63. The SMILES string of the molecule is Cc1ccc(C(=O)Nc2nccnc2Cl)c(F)c1. The lowest BCUT2D eigenvalue weighted by molar-refractivity contribution is 0.102. The van der Waals surface area contributed by atoms with E-state index < -0.39 is 11.7 Å². The Balaban J connectivity index is 2.25. The second kappa shape index (κ2) is 5.10. The standard InChI is InChI=1S/C12H9ClFN3O/c1-7-2-3-8(9(14)6-7)12(18)17-11-10(13)15-4-5-16-11/h2-6H,1H3,(H,16,17,18). The normalized spacial score (nSPS) is 10.2. The number of hydrogen-bond acceptors (Lipinski definition) is 3. The number of carbonyl (C=O) groups excluding carboxylic acids is 1. The van der Waals surface area contributed by atoms with Crippen LogP contribution < -0.4 is 5.32 Å². The minimum Gasteiger partial charge on any atom is -0.304 e. The van der Waals surface area contributed by atoms with Gasteiger partial charge in [-0.15, -0.1) is 0 Å². The Morgan fingerprint density at radius 2 is 2.06 bits per heavy atom. The first-order valence-electron chi connectivity index (χ1n) is 5.12. The van der Waals surface area contributed by atoms with E-state index in [4.69, 9.17) is 11.6 Å². The Hall–Kier alpha value is -2.01. The fourth-order valence-electron chi connectivity index (χ4n) is 1.38. The monoisotopic (exact) mass is 265 g/mol. The summed E-state index contributed by atoms with van der Waals surface area (Å²) in [5, 5.41) is 2.46. The lowest BCUT2D eigenvalue weighted by Gasteiger charge is -2.06. The third kappa shape index (κ3) is 2.62. The highest BCUT2D eigenvalue weighted by Crippen LogP contribution is 2.17. The van der Waals surface area contributed by atoms with Crippen LogP contribution in [0.1, 0.15) is 15.9 Å². The van der Waals surface area contributed by atoms with Crippen molar-refractivity contribution in [1.82, 2.24) is 9.97 Å². The number of aryl methyl sites for hydroxylation is 1. The number of carbonyl (C=O) groups is 1. The minimum atomic E-state index is -0.616. The summed E-state index contributed by atoms with van der Waals surface area (Å²) in [4.78, 5) is 19.4. The first-order chi connectivity index (χ1) is 8.58. The third-order valence-corrected chi connectivity index (χ3v) is 2.53. The van der Waals surface area contributed by atoms with Crippen LogP contribution in [0.2, 0.25) is 5.15 Å². The molecule has 1 heterocycles. The van der Waals surface area contributed by atoms with Crippen LogP contribution in [0.25, 0.3) is 0 Å². The number of hydrogen-bond donors (Lipinski definition) is 1. The Morgan fingerprint density at radius 3 is 2.72 bits per heavy atom. The van der Waals surface area contributed by atoms with Gasteiger partial charge in [0.1, 0.15) is 5.82 Å². The van der Waals surface area contributed by atoms with Crippen molar-refractivity contribution in [3.8, 4) is 0 Å². The molecular formula is C12H9ClFN3O. The summed E-state index contributed by atoms with van der Waals surface area (Å²) in [6, 6.07) is 4.34. The van der Waals surface area contributed by atoms with E-state index in [2.05, 4.69) is 15.3 Å². The van der Waals surface area contributed by atoms with Gasteiger partial charge in [0.05, 0.1) is 5.56 Å². The highest BCUT2D eigenvalue weighted by atomic mass is 35.5. The first kappa shape index (κ1) is 12.4. The van der Waals surface area contributed by atoms with Crippen LogP contribution in [0.4, 0.5) is 10.2 Å². The van der Waals surface area contributed by atoms with Gasteiger partial charge in [-0.2, -0.15) is 0 Å². The third-order valence-electron chi connectivity index (χ3n) is 2.25. The summed E-state index contributed by atoms with van der Waals surface area (Å²) in [6.45, 7) is 1.74. The highest BCUT2D eigenvalue weighted by Gasteiger charge is 2.14. The summed E-state index contributed by atoms with van der Waals surface area (Å²) in [6.07, 6.45) is 2.78. The van der Waals surface area contributed by atoms with Gasteiger partial charge in [0.15, 0.2) is 11.0 Å². The Bertz CT molecular complexity index is 604. The zero-order valence-electron chi connectivity index (χ0n) is 9.45. The number of anilines is 1. The molecule has 0 atom stereocenters. The average Bonchev–Trinajstić information content (AvgIpc) is 2.32. The summed E-state index contributed by atoms with van der Waals surface area (Å²) in [5.41, 5.74) is 0.670. The van der Waals surface area contributed by atoms with Crippen molar-refractivity contribution in [2.75, 3.05) is 5.32 Å². The van der Waals surface area contributed by atoms with Gasteiger partial charge in [0.25, 0.3) is 5.91 Å². The maximum atomic E-state index is 13.6. The number of nitrogens with zero attached hydrogens (tertiary/aromatic N) is 2. The number of nitrogens with one attached hydrogen (secondary N) is 1. The largest absolute Gasteiger partial charge is 0.304 e. The van der Waals surface area contributed by atoms with Gasteiger partial charge in [-0.25, -0.2) is 14.4 Å². The summed E-state index contributed by atoms with van der Waals surface area (Å²) in [7, 11) is 0. The Morgan fingerprint density at radius 1 is 1.33 bits per heavy atom. The van der Waals surface area contributed by atoms with Crippen LogP contribution in [0, 0.1) is 12.7 Å². The molecule has 0 aliphatic heterocycles. The molecular weight excluding hydrogens is 257 g/mol. The van der Waals surface area contributed by atoms with E-state index >= 15 is 0 Å². The molecule has 0 aliphatic carbocycles. The van der Waals surface area contributed by atoms with Crippen LogP contribution in [0.5, 0.6) is 0 Å². The number of amides is 1. The first-order valence-corrected chi connectivity index (χ1v) is 5.50. The lowest BCUT2D eigenvalue weighted by atomic mass is 10.1. The Kier molecular flexibility index (Phi) is 3.53. The van der Waals surface area contributed by atoms with E-state index in [-0.39, 0.29) is 16.5 Å². The quantitative estimate of drug-likeness (QED) is 0.908. The van der Waals surface area contributed by atoms with E-state index in [0.29, 0.717) is 0 Å². The molecule has 2 aromatic rings. The van der Waals surface area contributed by atoms with Crippen LogP contribution in [0.3, 0.4) is 0 Å². The highest BCUT2D eigenvalue weighted by molar-refractivity contribution is 6.32. The van der Waals surface area contributed by atoms with Crippen LogP contribution >= 0.6 is 11.6 Å². The van der Waals surface area contributed by atoms with Crippen molar-refractivity contribution >= 4 is 23.3 Å². The second-order valence-corrected chi connectivity index (χ2v) is 3.99. The van der Waals surface area contributed by atoms with E-state index in [1.165, 1.54) is 24.5 Å². The van der Waals surface area contributed by atoms with Crippen molar-refractivity contribution in [3.63, 3.8) is 0 Å². The topological polar surface area (TPSA) is 54.9 Å². The summed E-state index contributed by atoms with van der Waals surface area (Å²) < 4.78 is 13.6. The molecule has 0 saturated carbocycles. The van der Waals surface area contributed by atoms with Crippen molar-refractivity contribution in [2.45, 2.75) is 6.92 Å². The van der Waals surface area contributed by atoms with Crippen molar-refractivity contribution in [3.05, 3.63) is 52.7 Å². The number of halogens is 2. The molecule has 4 nitrogen and oxygen atoms in total. The van der Waals surface area contributed by atoms with Crippen LogP contribution in [0.15, 0.2) is 30.6 Å². The molecule has 0 radical (unpaired) electrons. The predicted octanol–water partition coefficient (Wildman–Crippen LogP) is 2.83. The average molecular weight is 266 g/mol. The smallest absolute Gasteiger partial charge is 0.259 e. The molecule has 0 aliphatic rings. The Labute approximate surface area is 108 Å². The minimum absolute atomic E-state index is 0.0540. The van der Waals surface area contributed by atoms with Gasteiger partial charge < -0.3 is 5.32 Å². The molecule has 92 valence electrons. The molecule has 0 unspecified atom stereocenters. The van der Waals surface area contributed by atoms with E-state index in [1.807, 2.05) is 0 Å². The molecule has 6 heteroatoms. The van der Waals surface area contributed by atoms with Gasteiger partial charge in [-0.1, -0.05) is 17.7 Å². The van der Waals surface area contributed by atoms with Crippen molar-refractivity contribution in [2.24, 2.45) is 0 Å². The van der Waals surface area contributed by atoms with Crippen molar-refractivity contribution < 1.29 is 9.18 Å². The lowest BCUT2D eigenvalue weighted by Crippen LogP contribution is -2.15. The van der Waals surface area contributed by atoms with E-state index in [9.17, 15) is 9.18 Å². The molecule has 18 heavy (non-hydrogen) atoms. The predicted molar refractivity (Wildman–Crippen MR) is 66.1 cm³/mol. The fraction of sp³-hybridized carbons (Fsp3) is 0.0833. The van der Waals surface area contributed by atoms with Crippen molar-refractivity contribution in [1.29, 1.82) is 0 Å². The molecule has 0 saturated heterocycles. The van der Waals surface area contributed by atoms with E-state index in [1.54, 1.807) is 13.0 Å². The molecule has 0 fully saturated rings. The summed E-state index contributed by atoms with van der Waals surface area (Å²) >= 11 is 5.74. The van der Waals surface area contributed by atoms with E-state index in [0.717, 1.165) is 5.56 Å². The molecule has 0 bridgehead atoms. The van der Waals surface area contributed by atoms with Crippen LogP contribution in [-0.4, -0.2) is 15.9 Å². The van der Waals surface area contributed by atoms with Gasteiger partial charge in [0.2, 0.25) is 0 Å². The fourth-order valence-corrected chi connectivity index (χ4v) is 1.54. The molecule has 1 aromatic carbocycles. The summed E-state index contributed by atoms with van der Waals surface area (Å²) in [5.74, 6) is -1.11.